The van der Waals surface area contributed by atoms with Gasteiger partial charge >= 0.3 is 12.4 Å². The molecule has 1 amide bonds. The predicted molar refractivity (Wildman–Crippen MR) is 111 cm³/mol. The number of amides is 1. The highest BCUT2D eigenvalue weighted by atomic mass is 19.4. The maximum absolute atomic E-state index is 13.0. The van der Waals surface area contributed by atoms with Gasteiger partial charge < -0.3 is 5.32 Å². The Morgan fingerprint density at radius 1 is 1.00 bits per heavy atom. The summed E-state index contributed by atoms with van der Waals surface area (Å²) < 4.78 is 80.8. The van der Waals surface area contributed by atoms with Crippen molar-refractivity contribution in [2.45, 2.75) is 58.6 Å². The molecule has 0 saturated heterocycles. The van der Waals surface area contributed by atoms with Crippen molar-refractivity contribution in [2.75, 3.05) is 5.32 Å². The Labute approximate surface area is 189 Å². The van der Waals surface area contributed by atoms with E-state index in [-0.39, 0.29) is 30.2 Å². The number of nitrogens with one attached hydrogen (secondary N) is 1. The average molecular weight is 489 g/mol. The molecule has 0 aliphatic heterocycles. The van der Waals surface area contributed by atoms with Gasteiger partial charge in [-0.25, -0.2) is 9.67 Å². The van der Waals surface area contributed by atoms with Gasteiger partial charge in [0.05, 0.1) is 22.9 Å². The largest absolute Gasteiger partial charge is 0.416 e. The number of nitrogens with zero attached hydrogens (tertiary/aromatic N) is 4. The molecule has 0 bridgehead atoms. The number of fused-ring (bicyclic) bond motifs is 1. The fourth-order valence-corrected chi connectivity index (χ4v) is 3.32. The molecule has 1 N–H and O–H groups in total. The first-order chi connectivity index (χ1) is 15.5. The summed E-state index contributed by atoms with van der Waals surface area (Å²) in [4.78, 5) is 29.5. The summed E-state index contributed by atoms with van der Waals surface area (Å²) in [7, 11) is 0. The molecular weight excluding hydrogens is 468 g/mol. The molecule has 0 atom stereocenters. The van der Waals surface area contributed by atoms with Gasteiger partial charge in [-0.15, -0.1) is 0 Å². The molecule has 0 radical (unpaired) electrons. The van der Waals surface area contributed by atoms with Gasteiger partial charge in [0.25, 0.3) is 5.56 Å². The van der Waals surface area contributed by atoms with Crippen LogP contribution in [-0.2, 0) is 29.2 Å². The smallest absolute Gasteiger partial charge is 0.326 e. The van der Waals surface area contributed by atoms with E-state index in [1.54, 1.807) is 11.6 Å². The van der Waals surface area contributed by atoms with Gasteiger partial charge in [0.1, 0.15) is 11.2 Å². The highest BCUT2D eigenvalue weighted by Crippen LogP contribution is 2.37. The normalized spacial score (nSPS) is 12.9. The van der Waals surface area contributed by atoms with Crippen LogP contribution in [0.25, 0.3) is 11.0 Å². The maximum Gasteiger partial charge on any atom is 0.416 e. The summed E-state index contributed by atoms with van der Waals surface area (Å²) in [6.45, 7) is 6.99. The molecule has 0 spiro atoms. The molecule has 13 heteroatoms. The molecular formula is C21H21F6N5O2. The van der Waals surface area contributed by atoms with Crippen molar-refractivity contribution in [1.82, 2.24) is 19.3 Å². The van der Waals surface area contributed by atoms with Gasteiger partial charge in [-0.05, 0) is 45.9 Å². The highest BCUT2D eigenvalue weighted by Gasteiger charge is 2.37. The second-order valence-corrected chi connectivity index (χ2v) is 8.67. The number of hydrogen-bond donors (Lipinski definition) is 1. The summed E-state index contributed by atoms with van der Waals surface area (Å²) in [6, 6.07) is 0.801. The zero-order valence-electron chi connectivity index (χ0n) is 18.6. The van der Waals surface area contributed by atoms with Crippen LogP contribution in [0.1, 0.15) is 44.1 Å². The Morgan fingerprint density at radius 3 is 2.06 bits per heavy atom. The molecule has 7 nitrogen and oxygen atoms in total. The van der Waals surface area contributed by atoms with E-state index in [1.807, 2.05) is 26.1 Å². The molecule has 0 saturated carbocycles. The second-order valence-electron chi connectivity index (χ2n) is 8.67. The number of benzene rings is 1. The lowest BCUT2D eigenvalue weighted by Gasteiger charge is -2.20. The second kappa shape index (κ2) is 8.44. The van der Waals surface area contributed by atoms with E-state index in [2.05, 4.69) is 10.1 Å². The van der Waals surface area contributed by atoms with Gasteiger partial charge in [0.15, 0.2) is 5.65 Å². The Balaban J connectivity index is 1.84. The van der Waals surface area contributed by atoms with Crippen LogP contribution in [0.15, 0.2) is 29.2 Å². The lowest BCUT2D eigenvalue weighted by molar-refractivity contribution is -0.143. The molecule has 0 aliphatic rings. The minimum Gasteiger partial charge on any atom is -0.326 e. The molecule has 0 aliphatic carbocycles. The van der Waals surface area contributed by atoms with Crippen LogP contribution in [0.4, 0.5) is 32.0 Å². The molecule has 1 aromatic carbocycles. The molecule has 184 valence electrons. The number of hydrogen-bond acceptors (Lipinski definition) is 4. The lowest BCUT2D eigenvalue weighted by atomic mass is 10.1. The Bertz CT molecular complexity index is 1270. The van der Waals surface area contributed by atoms with Crippen LogP contribution >= 0.6 is 0 Å². The van der Waals surface area contributed by atoms with E-state index in [0.29, 0.717) is 17.8 Å². The fraction of sp³-hybridized carbons (Fsp3) is 0.429. The van der Waals surface area contributed by atoms with E-state index < -0.39 is 46.2 Å². The van der Waals surface area contributed by atoms with E-state index >= 15 is 0 Å². The quantitative estimate of drug-likeness (QED) is 0.538. The minimum absolute atomic E-state index is 0.0305. The van der Waals surface area contributed by atoms with Crippen molar-refractivity contribution in [3.05, 3.63) is 51.7 Å². The number of carbonyl (C=O) groups is 1. The van der Waals surface area contributed by atoms with Gasteiger partial charge in [0.2, 0.25) is 5.91 Å². The van der Waals surface area contributed by atoms with Crippen LogP contribution in [0, 0.1) is 6.92 Å². The molecule has 0 unspecified atom stereocenters. The molecule has 0 fully saturated rings. The Morgan fingerprint density at radius 2 is 1.56 bits per heavy atom. The van der Waals surface area contributed by atoms with Crippen LogP contribution in [0.5, 0.6) is 0 Å². The SMILES string of the molecule is Cc1nc2c(cnn2C(C)(C)C)c(=O)n1CCC(=O)Nc1cc(C(F)(F)F)cc(C(F)(F)F)c1. The maximum atomic E-state index is 13.0. The number of aryl methyl sites for hydroxylation is 1. The lowest BCUT2D eigenvalue weighted by Crippen LogP contribution is -2.28. The topological polar surface area (TPSA) is 81.8 Å². The van der Waals surface area contributed by atoms with Crippen molar-refractivity contribution in [3.63, 3.8) is 0 Å². The molecule has 3 rings (SSSR count). The predicted octanol–water partition coefficient (Wildman–Crippen LogP) is 4.72. The third-order valence-corrected chi connectivity index (χ3v) is 4.95. The zero-order chi connectivity index (χ0) is 25.6. The van der Waals surface area contributed by atoms with Gasteiger partial charge in [0, 0.05) is 18.7 Å². The summed E-state index contributed by atoms with van der Waals surface area (Å²) in [5.41, 5.74) is -4.30. The third-order valence-electron chi connectivity index (χ3n) is 4.95. The van der Waals surface area contributed by atoms with Gasteiger partial charge in [-0.1, -0.05) is 0 Å². The average Bonchev–Trinajstić information content (AvgIpc) is 3.10. The van der Waals surface area contributed by atoms with E-state index in [0.717, 1.165) is 0 Å². The van der Waals surface area contributed by atoms with Gasteiger partial charge in [-0.3, -0.25) is 14.2 Å². The van der Waals surface area contributed by atoms with Crippen LogP contribution in [0.2, 0.25) is 0 Å². The van der Waals surface area contributed by atoms with Crippen molar-refractivity contribution < 1.29 is 31.1 Å². The first-order valence-corrected chi connectivity index (χ1v) is 10.0. The number of rotatable bonds is 4. The number of aromatic nitrogens is 4. The number of anilines is 1. The highest BCUT2D eigenvalue weighted by molar-refractivity contribution is 5.91. The summed E-state index contributed by atoms with van der Waals surface area (Å²) in [5, 5.41) is 6.46. The van der Waals surface area contributed by atoms with E-state index in [1.165, 1.54) is 10.8 Å². The first-order valence-electron chi connectivity index (χ1n) is 10.0. The minimum atomic E-state index is -5.04. The zero-order valence-corrected chi connectivity index (χ0v) is 18.6. The standard InChI is InChI=1S/C21H21F6N5O2/c1-11-29-17-15(10-28-32(17)19(2,3)4)18(34)31(11)6-5-16(33)30-14-8-12(20(22,23)24)7-13(9-14)21(25,26)27/h7-10H,5-6H2,1-4H3,(H,30,33). The van der Waals surface area contributed by atoms with Crippen molar-refractivity contribution in [3.8, 4) is 0 Å². The molecule has 3 aromatic rings. The van der Waals surface area contributed by atoms with Crippen molar-refractivity contribution >= 4 is 22.6 Å². The van der Waals surface area contributed by atoms with Crippen LogP contribution < -0.4 is 10.9 Å². The summed E-state index contributed by atoms with van der Waals surface area (Å²) in [5.74, 6) is -0.598. The fourth-order valence-electron chi connectivity index (χ4n) is 3.32. The van der Waals surface area contributed by atoms with E-state index in [9.17, 15) is 35.9 Å². The van der Waals surface area contributed by atoms with Gasteiger partial charge in [-0.2, -0.15) is 31.4 Å². The summed E-state index contributed by atoms with van der Waals surface area (Å²) in [6.07, 6.45) is -9.11. The summed E-state index contributed by atoms with van der Waals surface area (Å²) >= 11 is 0. The first kappa shape index (κ1) is 25.2. The molecule has 2 aromatic heterocycles. The van der Waals surface area contributed by atoms with Crippen LogP contribution in [-0.4, -0.2) is 25.2 Å². The number of halogens is 6. The third kappa shape index (κ3) is 5.23. The number of carbonyl (C=O) groups excluding carboxylic acids is 1. The Kier molecular flexibility index (Phi) is 6.27. The monoisotopic (exact) mass is 489 g/mol. The molecule has 34 heavy (non-hydrogen) atoms. The molecule has 2 heterocycles. The van der Waals surface area contributed by atoms with Crippen molar-refractivity contribution in [2.24, 2.45) is 0 Å². The number of alkyl halides is 6. The van der Waals surface area contributed by atoms with Crippen LogP contribution in [0.3, 0.4) is 0 Å². The van der Waals surface area contributed by atoms with E-state index in [4.69, 9.17) is 0 Å². The Hall–Kier alpha value is -3.38. The van der Waals surface area contributed by atoms with Crippen molar-refractivity contribution in [1.29, 1.82) is 0 Å².